The summed E-state index contributed by atoms with van der Waals surface area (Å²) in [5, 5.41) is 44.4. The minimum atomic E-state index is -0.859. The van der Waals surface area contributed by atoms with Crippen molar-refractivity contribution in [3.63, 3.8) is 0 Å². The van der Waals surface area contributed by atoms with Gasteiger partial charge >= 0.3 is 0 Å². The minimum Gasteiger partial charge on any atom is -0.508 e. The molecule has 13 heteroatoms. The summed E-state index contributed by atoms with van der Waals surface area (Å²) in [5.74, 6) is 0.124. The number of phenols is 2. The lowest BCUT2D eigenvalue weighted by Crippen LogP contribution is -2.50. The van der Waals surface area contributed by atoms with Crippen molar-refractivity contribution in [3.8, 4) is 11.5 Å². The maximum atomic E-state index is 10.9. The summed E-state index contributed by atoms with van der Waals surface area (Å²) in [7, 11) is 0. The van der Waals surface area contributed by atoms with Crippen molar-refractivity contribution in [2.45, 2.75) is 56.9 Å². The topological polar surface area (TPSA) is 143 Å². The predicted octanol–water partition coefficient (Wildman–Crippen LogP) is 4.15. The number of carbonyl (C=O) groups excluding carboxylic acids is 1. The van der Waals surface area contributed by atoms with Gasteiger partial charge in [0.05, 0.1) is 31.3 Å². The average molecular weight is 652 g/mol. The number of nitrogens with one attached hydrogen (secondary N) is 1. The molecule has 0 unspecified atom stereocenters. The normalized spacial score (nSPS) is 18.8. The Labute approximate surface area is 260 Å². The fraction of sp³-hybridized carbons (Fsp3) is 0.536. The van der Waals surface area contributed by atoms with Crippen LogP contribution >= 0.6 is 46.4 Å². The summed E-state index contributed by atoms with van der Waals surface area (Å²) in [6.45, 7) is 5.97. The monoisotopic (exact) mass is 650 g/mol. The molecular formula is C28H38Cl4N4O5. The molecule has 7 N–H and O–H groups in total. The molecule has 0 bridgehead atoms. The molecule has 0 radical (unpaired) electrons. The van der Waals surface area contributed by atoms with Crippen LogP contribution < -0.4 is 11.1 Å². The van der Waals surface area contributed by atoms with Crippen molar-refractivity contribution >= 4 is 52.3 Å². The number of halogens is 4. The fourth-order valence-corrected chi connectivity index (χ4v) is 5.50. The Bertz CT molecular complexity index is 1200. The van der Waals surface area contributed by atoms with Gasteiger partial charge < -0.3 is 31.5 Å². The smallest absolute Gasteiger partial charge is 0.216 e. The van der Waals surface area contributed by atoms with E-state index in [2.05, 4.69) is 15.1 Å². The molecule has 2 aliphatic heterocycles. The Morgan fingerprint density at radius 2 is 1.15 bits per heavy atom. The lowest BCUT2D eigenvalue weighted by atomic mass is 9.91. The van der Waals surface area contributed by atoms with Crippen LogP contribution in [0.1, 0.15) is 43.7 Å². The van der Waals surface area contributed by atoms with Gasteiger partial charge in [0.25, 0.3) is 0 Å². The number of nitrogens with zero attached hydrogens (tertiary/aromatic N) is 2. The van der Waals surface area contributed by atoms with Crippen LogP contribution in [0.2, 0.25) is 20.1 Å². The lowest BCUT2D eigenvalue weighted by molar-refractivity contribution is -0.120. The van der Waals surface area contributed by atoms with E-state index in [1.54, 1.807) is 12.1 Å². The largest absolute Gasteiger partial charge is 0.508 e. The number of phenolic OH excluding ortho intramolecular Hbond substituents is 2. The first-order chi connectivity index (χ1) is 19.2. The first-order valence-electron chi connectivity index (χ1n) is 13.4. The highest BCUT2D eigenvalue weighted by Gasteiger charge is 2.33. The zero-order valence-electron chi connectivity index (χ0n) is 23.0. The minimum absolute atomic E-state index is 0.119. The number of amides is 1. The summed E-state index contributed by atoms with van der Waals surface area (Å²) in [4.78, 5) is 15.2. The van der Waals surface area contributed by atoms with Crippen molar-refractivity contribution in [1.82, 2.24) is 15.1 Å². The summed E-state index contributed by atoms with van der Waals surface area (Å²) >= 11 is 23.6. The highest BCUT2D eigenvalue weighted by molar-refractivity contribution is 6.42. The molecule has 0 atom stereocenters. The predicted molar refractivity (Wildman–Crippen MR) is 163 cm³/mol. The molecule has 0 aromatic heterocycles. The van der Waals surface area contributed by atoms with E-state index in [4.69, 9.17) is 52.1 Å². The Balaban J connectivity index is 0.000000228. The highest BCUT2D eigenvalue weighted by Crippen LogP contribution is 2.33. The molecule has 0 saturated carbocycles. The number of hydrogen-bond donors (Lipinski definition) is 6. The van der Waals surface area contributed by atoms with E-state index < -0.39 is 11.2 Å². The van der Waals surface area contributed by atoms with Gasteiger partial charge in [0, 0.05) is 82.5 Å². The van der Waals surface area contributed by atoms with Gasteiger partial charge in [-0.2, -0.15) is 0 Å². The molecule has 2 aliphatic rings. The van der Waals surface area contributed by atoms with Crippen LogP contribution in [0.3, 0.4) is 0 Å². The summed E-state index contributed by atoms with van der Waals surface area (Å²) < 4.78 is 0. The van der Waals surface area contributed by atoms with Gasteiger partial charge in [0.1, 0.15) is 11.5 Å². The number of carbonyl (C=O) groups is 1. The summed E-state index contributed by atoms with van der Waals surface area (Å²) in [5.41, 5.74) is 5.41. The number of benzene rings is 2. The fourth-order valence-electron chi connectivity index (χ4n) is 4.81. The lowest BCUT2D eigenvalue weighted by Gasteiger charge is -2.38. The van der Waals surface area contributed by atoms with E-state index in [9.17, 15) is 25.2 Å². The number of rotatable bonds is 7. The molecule has 2 aromatic rings. The number of aliphatic hydroxyl groups is 2. The highest BCUT2D eigenvalue weighted by atomic mass is 35.5. The van der Waals surface area contributed by atoms with Crippen molar-refractivity contribution in [2.75, 3.05) is 39.3 Å². The Hall–Kier alpha value is -1.53. The Morgan fingerprint density at radius 1 is 0.780 bits per heavy atom. The van der Waals surface area contributed by atoms with Gasteiger partial charge in [-0.15, -0.1) is 0 Å². The van der Waals surface area contributed by atoms with Gasteiger partial charge in [-0.1, -0.05) is 46.4 Å². The molecule has 2 saturated heterocycles. The zero-order chi connectivity index (χ0) is 30.4. The summed E-state index contributed by atoms with van der Waals surface area (Å²) in [6, 6.07) is 6.25. The van der Waals surface area contributed by atoms with E-state index in [1.807, 2.05) is 0 Å². The molecule has 0 spiro atoms. The number of hydrogen-bond acceptors (Lipinski definition) is 8. The number of aromatic hydroxyl groups is 2. The maximum absolute atomic E-state index is 10.9. The van der Waals surface area contributed by atoms with Crippen LogP contribution in [0, 0.1) is 0 Å². The van der Waals surface area contributed by atoms with E-state index in [0.717, 1.165) is 18.7 Å². The molecule has 2 aromatic carbocycles. The van der Waals surface area contributed by atoms with Gasteiger partial charge in [-0.05, 0) is 37.8 Å². The van der Waals surface area contributed by atoms with Crippen LogP contribution in [0.25, 0.3) is 0 Å². The van der Waals surface area contributed by atoms with Gasteiger partial charge in [0.15, 0.2) is 0 Å². The standard InChI is InChI=1S/C15H20Cl2N2O3.C13H18Cl2N2O2/c1-10(20)18-9-15(22)2-4-19(5-3-15)8-11-6-12(16)13(17)7-14(11)21;14-10-5-9(12(18)6-11(10)15)7-17-3-1-13(19,8-16)2-4-17/h6-7,21-22H,2-5,8-9H2,1H3,(H,18,20);5-6,18-19H,1-4,7-8,16H2. The van der Waals surface area contributed by atoms with Crippen LogP contribution in [0.15, 0.2) is 24.3 Å². The van der Waals surface area contributed by atoms with E-state index in [-0.39, 0.29) is 24.0 Å². The quantitative estimate of drug-likeness (QED) is 0.262. The average Bonchev–Trinajstić information content (AvgIpc) is 2.92. The van der Waals surface area contributed by atoms with Crippen molar-refractivity contribution in [3.05, 3.63) is 55.5 Å². The number of likely N-dealkylation sites (tertiary alicyclic amines) is 2. The first-order valence-corrected chi connectivity index (χ1v) is 14.9. The maximum Gasteiger partial charge on any atom is 0.216 e. The van der Waals surface area contributed by atoms with Crippen molar-refractivity contribution < 1.29 is 25.2 Å². The molecule has 4 rings (SSSR count). The molecule has 2 heterocycles. The number of nitrogens with two attached hydrogens (primary N) is 1. The molecule has 1 amide bonds. The molecular weight excluding hydrogens is 614 g/mol. The van der Waals surface area contributed by atoms with E-state index >= 15 is 0 Å². The third-order valence-electron chi connectivity index (χ3n) is 7.65. The third kappa shape index (κ3) is 10.0. The van der Waals surface area contributed by atoms with Crippen LogP contribution in [0.5, 0.6) is 11.5 Å². The number of piperidine rings is 2. The van der Waals surface area contributed by atoms with Gasteiger partial charge in [0.2, 0.25) is 5.91 Å². The van der Waals surface area contributed by atoms with Gasteiger partial charge in [-0.3, -0.25) is 14.6 Å². The van der Waals surface area contributed by atoms with Crippen LogP contribution in [-0.4, -0.2) is 86.6 Å². The van der Waals surface area contributed by atoms with Crippen molar-refractivity contribution in [2.24, 2.45) is 5.73 Å². The molecule has 228 valence electrons. The van der Waals surface area contributed by atoms with Crippen LogP contribution in [0.4, 0.5) is 0 Å². The molecule has 9 nitrogen and oxygen atoms in total. The van der Waals surface area contributed by atoms with Crippen LogP contribution in [-0.2, 0) is 17.9 Å². The van der Waals surface area contributed by atoms with Crippen molar-refractivity contribution in [1.29, 1.82) is 0 Å². The molecule has 2 fully saturated rings. The zero-order valence-corrected chi connectivity index (χ0v) is 26.0. The Morgan fingerprint density at radius 3 is 1.51 bits per heavy atom. The second-order valence-corrected chi connectivity index (χ2v) is 12.5. The second kappa shape index (κ2) is 14.8. The SMILES string of the molecule is CC(=O)NCC1(O)CCN(Cc2cc(Cl)c(Cl)cc2O)CC1.NCC1(O)CCN(Cc2cc(Cl)c(Cl)cc2O)CC1. The summed E-state index contributed by atoms with van der Waals surface area (Å²) in [6.07, 6.45) is 2.42. The Kier molecular flexibility index (Phi) is 12.2. The third-order valence-corrected chi connectivity index (χ3v) is 9.10. The van der Waals surface area contributed by atoms with E-state index in [1.165, 1.54) is 19.1 Å². The molecule has 41 heavy (non-hydrogen) atoms. The first kappa shape index (κ1) is 34.0. The van der Waals surface area contributed by atoms with E-state index in [0.29, 0.717) is 84.1 Å². The molecule has 0 aliphatic carbocycles. The second-order valence-electron chi connectivity index (χ2n) is 10.9. The van der Waals surface area contributed by atoms with Gasteiger partial charge in [-0.25, -0.2) is 0 Å².